The quantitative estimate of drug-likeness (QED) is 0.0274. The summed E-state index contributed by atoms with van der Waals surface area (Å²) in [6.45, 7) is 0.980. The standard InChI is InChI=1S/C62H46N6O12.2ClH/c1-77-29-31-79-57-36-58(80-32-30-78-2)52(62-49-21-9-5-17-45(49)60(46-18-6-10-22-50(46)62)40-14-12-28-64(38-40)54-26-24-42(66(71)72)34-56(54)68(75)76)35-51(57)61-47-19-7-3-15-43(47)59(44-16-4-8-20-48(44)61)39-13-11-27-63(37-39)53-25-23-41(65(69)70)33-55(53)67(73)74;;/h3-28,33-38H,29-32H2,1-2H3;2*1H/q+2;;/p-2. The number of aromatic nitrogens is 2. The summed E-state index contributed by atoms with van der Waals surface area (Å²) in [4.78, 5) is 45.5. The van der Waals surface area contributed by atoms with Crippen molar-refractivity contribution in [3.63, 3.8) is 0 Å². The van der Waals surface area contributed by atoms with Gasteiger partial charge in [-0.15, -0.1) is 0 Å². The summed E-state index contributed by atoms with van der Waals surface area (Å²) in [7, 11) is 3.21. The van der Waals surface area contributed by atoms with Gasteiger partial charge in [0.25, 0.3) is 22.7 Å². The van der Waals surface area contributed by atoms with Gasteiger partial charge in [0, 0.05) is 101 Å². The summed E-state index contributed by atoms with van der Waals surface area (Å²) in [6.07, 6.45) is 6.92. The van der Waals surface area contributed by atoms with E-state index in [-0.39, 0.29) is 62.6 Å². The maximum absolute atomic E-state index is 12.4. The van der Waals surface area contributed by atoms with Crippen LogP contribution in [0.4, 0.5) is 22.7 Å². The number of ether oxygens (including phenoxy) is 4. The zero-order valence-corrected chi connectivity index (χ0v) is 45.2. The second kappa shape index (κ2) is 24.2. The largest absolute Gasteiger partial charge is 1.00 e. The Morgan fingerprint density at radius 1 is 0.378 bits per heavy atom. The highest BCUT2D eigenvalue weighted by atomic mass is 35.5. The van der Waals surface area contributed by atoms with Gasteiger partial charge in [0.15, 0.2) is 24.8 Å². The first kappa shape index (κ1) is 56.7. The second-order valence-corrected chi connectivity index (χ2v) is 18.6. The van der Waals surface area contributed by atoms with Crippen LogP contribution in [-0.2, 0) is 9.47 Å². The number of rotatable bonds is 18. The Hall–Kier alpha value is -9.98. The van der Waals surface area contributed by atoms with Gasteiger partial charge < -0.3 is 43.8 Å². The van der Waals surface area contributed by atoms with Crippen molar-refractivity contribution in [3.8, 4) is 67.4 Å². The molecule has 0 spiro atoms. The first-order valence-corrected chi connectivity index (χ1v) is 25.1. The molecule has 18 nitrogen and oxygen atoms in total. The molecule has 0 N–H and O–H groups in total. The van der Waals surface area contributed by atoms with Gasteiger partial charge in [-0.25, -0.2) is 0 Å². The number of non-ortho nitro benzene ring substituents is 2. The number of methoxy groups -OCH3 is 2. The molecule has 410 valence electrons. The van der Waals surface area contributed by atoms with Crippen LogP contribution in [0.25, 0.3) is 99.0 Å². The van der Waals surface area contributed by atoms with Crippen molar-refractivity contribution >= 4 is 65.8 Å². The van der Waals surface area contributed by atoms with E-state index in [1.54, 1.807) is 60.3 Å². The van der Waals surface area contributed by atoms with Crippen LogP contribution in [0.1, 0.15) is 0 Å². The molecule has 0 radical (unpaired) electrons. The first-order valence-electron chi connectivity index (χ1n) is 25.1. The molecule has 0 fully saturated rings. The fraction of sp³-hybridized carbons (Fsp3) is 0.0968. The molecule has 0 aliphatic rings. The van der Waals surface area contributed by atoms with Crippen molar-refractivity contribution in [3.05, 3.63) is 235 Å². The van der Waals surface area contributed by atoms with Crippen LogP contribution in [-0.4, -0.2) is 60.3 Å². The minimum Gasteiger partial charge on any atom is -1.00 e. The Kier molecular flexibility index (Phi) is 16.7. The molecule has 0 aliphatic carbocycles. The van der Waals surface area contributed by atoms with Gasteiger partial charge in [-0.2, -0.15) is 9.13 Å². The summed E-state index contributed by atoms with van der Waals surface area (Å²) in [6, 6.07) is 50.7. The molecule has 0 amide bonds. The fourth-order valence-electron chi connectivity index (χ4n) is 10.6. The van der Waals surface area contributed by atoms with Crippen LogP contribution in [0.3, 0.4) is 0 Å². The van der Waals surface area contributed by atoms with Gasteiger partial charge in [0.05, 0.1) is 32.9 Å². The SMILES string of the molecule is COCCOc1cc(OCCOC)c(-c2c3ccccc3c(-c3ccc[n+](-c4ccc([N+](=O)[O-])cc4[N+](=O)[O-])c3)c3ccccc23)cc1-c1c2ccccc2c(-c2ccc[n+](-c3ccc([N+](=O)[O-])cc3[N+](=O)[O-])c2)c2ccccc12.[Cl-].[Cl-]. The van der Waals surface area contributed by atoms with Crippen LogP contribution in [0.2, 0.25) is 0 Å². The first-order chi connectivity index (χ1) is 38.9. The van der Waals surface area contributed by atoms with Crippen molar-refractivity contribution in [1.29, 1.82) is 0 Å². The highest BCUT2D eigenvalue weighted by molar-refractivity contribution is 6.24. The highest BCUT2D eigenvalue weighted by Gasteiger charge is 2.31. The van der Waals surface area contributed by atoms with Crippen LogP contribution in [0.15, 0.2) is 195 Å². The Bertz CT molecular complexity index is 3970. The van der Waals surface area contributed by atoms with Crippen molar-refractivity contribution in [2.75, 3.05) is 40.6 Å². The molecule has 20 heteroatoms. The lowest BCUT2D eigenvalue weighted by Crippen LogP contribution is -3.00. The number of hydrogen-bond donors (Lipinski definition) is 0. The van der Waals surface area contributed by atoms with E-state index >= 15 is 0 Å². The van der Waals surface area contributed by atoms with Crippen molar-refractivity contribution in [1.82, 2.24) is 0 Å². The fourth-order valence-corrected chi connectivity index (χ4v) is 10.6. The van der Waals surface area contributed by atoms with E-state index in [2.05, 4.69) is 30.3 Å². The Labute approximate surface area is 479 Å². The van der Waals surface area contributed by atoms with Crippen LogP contribution >= 0.6 is 0 Å². The monoisotopic (exact) mass is 1140 g/mol. The van der Waals surface area contributed by atoms with E-state index in [0.717, 1.165) is 99.7 Å². The Morgan fingerprint density at radius 3 is 1.01 bits per heavy atom. The number of halogens is 2. The molecule has 11 aromatic rings. The molecule has 2 heterocycles. The van der Waals surface area contributed by atoms with Gasteiger partial charge in [-0.1, -0.05) is 97.1 Å². The lowest BCUT2D eigenvalue weighted by molar-refractivity contribution is -0.600. The molecule has 0 saturated heterocycles. The molecule has 0 bridgehead atoms. The number of benzene rings is 9. The molecule has 82 heavy (non-hydrogen) atoms. The maximum Gasteiger partial charge on any atom is 0.347 e. The maximum atomic E-state index is 12.4. The molecule has 0 atom stereocenters. The van der Waals surface area contributed by atoms with Crippen molar-refractivity contribution in [2.24, 2.45) is 0 Å². The number of nitrogens with zero attached hydrogens (tertiary/aromatic N) is 6. The van der Waals surface area contributed by atoms with Gasteiger partial charge in [-0.05, 0) is 61.3 Å². The zero-order chi connectivity index (χ0) is 55.6. The zero-order valence-electron chi connectivity index (χ0n) is 43.6. The predicted molar refractivity (Wildman–Crippen MR) is 303 cm³/mol. The molecular formula is C62H46Cl2N6O12. The summed E-state index contributed by atoms with van der Waals surface area (Å²) in [5.41, 5.74) is 5.00. The summed E-state index contributed by atoms with van der Waals surface area (Å²) in [5, 5.41) is 55.0. The second-order valence-electron chi connectivity index (χ2n) is 18.6. The number of nitro benzene ring substituents is 4. The van der Waals surface area contributed by atoms with Crippen molar-refractivity contribution in [2.45, 2.75) is 0 Å². The summed E-state index contributed by atoms with van der Waals surface area (Å²) >= 11 is 0. The third-order valence-corrected chi connectivity index (χ3v) is 14.0. The summed E-state index contributed by atoms with van der Waals surface area (Å²) in [5.74, 6) is 1.03. The van der Waals surface area contributed by atoms with Gasteiger partial charge in [0.2, 0.25) is 0 Å². The number of fused-ring (bicyclic) bond motifs is 4. The third kappa shape index (κ3) is 10.5. The normalized spacial score (nSPS) is 11.0. The van der Waals surface area contributed by atoms with Crippen LogP contribution < -0.4 is 43.4 Å². The molecular weight excluding hydrogens is 1090 g/mol. The van der Waals surface area contributed by atoms with E-state index in [9.17, 15) is 40.5 Å². The van der Waals surface area contributed by atoms with Crippen LogP contribution in [0, 0.1) is 40.5 Å². The van der Waals surface area contributed by atoms with Gasteiger partial charge in [-0.3, -0.25) is 40.5 Å². The predicted octanol–water partition coefficient (Wildman–Crippen LogP) is 7.21. The van der Waals surface area contributed by atoms with Crippen molar-refractivity contribution < 1.29 is 72.6 Å². The lowest BCUT2D eigenvalue weighted by Gasteiger charge is -2.23. The third-order valence-electron chi connectivity index (χ3n) is 14.0. The lowest BCUT2D eigenvalue weighted by atomic mass is 9.83. The topological polar surface area (TPSA) is 217 Å². The number of hydrogen-bond acceptors (Lipinski definition) is 12. The molecule has 0 unspecified atom stereocenters. The number of nitro groups is 4. The van der Waals surface area contributed by atoms with E-state index in [0.29, 0.717) is 11.5 Å². The van der Waals surface area contributed by atoms with E-state index < -0.39 is 42.4 Å². The average molecular weight is 1140 g/mol. The molecule has 2 aromatic heterocycles. The van der Waals surface area contributed by atoms with Crippen LogP contribution in [0.5, 0.6) is 11.5 Å². The minimum atomic E-state index is -0.662. The van der Waals surface area contributed by atoms with Gasteiger partial charge >= 0.3 is 11.4 Å². The molecule has 11 rings (SSSR count). The van der Waals surface area contributed by atoms with E-state index in [4.69, 9.17) is 18.9 Å². The smallest absolute Gasteiger partial charge is 0.347 e. The highest BCUT2D eigenvalue weighted by Crippen LogP contribution is 2.52. The molecule has 0 saturated carbocycles. The van der Waals surface area contributed by atoms with E-state index in [1.807, 2.05) is 91.0 Å². The average Bonchev–Trinajstić information content (AvgIpc) is 3.12. The van der Waals surface area contributed by atoms with Gasteiger partial charge in [0.1, 0.15) is 36.8 Å². The molecule has 9 aromatic carbocycles. The minimum absolute atomic E-state index is 0. The number of pyridine rings is 2. The Morgan fingerprint density at radius 2 is 0.707 bits per heavy atom. The Balaban J connectivity index is 0.00000405. The summed E-state index contributed by atoms with van der Waals surface area (Å²) < 4.78 is 27.7. The molecule has 0 aliphatic heterocycles. The van der Waals surface area contributed by atoms with E-state index in [1.165, 1.54) is 24.3 Å².